The van der Waals surface area contributed by atoms with Gasteiger partial charge in [0.25, 0.3) is 0 Å². The molecule has 5 aliphatic rings. The zero-order chi connectivity index (χ0) is 38.0. The summed E-state index contributed by atoms with van der Waals surface area (Å²) in [5.74, 6) is 3.30. The van der Waals surface area contributed by atoms with E-state index in [1.807, 2.05) is 72.8 Å². The van der Waals surface area contributed by atoms with Gasteiger partial charge in [-0.3, -0.25) is 0 Å². The minimum absolute atomic E-state index is 0. The lowest BCUT2D eigenvalue weighted by atomic mass is 9.95. The Morgan fingerprint density at radius 3 is 1.18 bits per heavy atom. The average molecular weight is 1010 g/mol. The van der Waals surface area contributed by atoms with Crippen LogP contribution < -0.4 is 19.9 Å². The van der Waals surface area contributed by atoms with Crippen molar-refractivity contribution in [3.63, 3.8) is 0 Å². The van der Waals surface area contributed by atoms with Gasteiger partial charge >= 0.3 is 0 Å². The SMILES string of the molecule is CC[C@@H](C)[C@H](O)c1ccc(OC2CC2)cc1.C[C@H](CN1CCC1)[C@H](O)c1ccc(OC2CC2)cc1.I.I.N[C@H](CN1CCC1)[C@H](O)c1ccc(OC2CC2)cc1.[HH].[HH].[HH]. The normalized spacial score (nSPS) is 20.8. The molecule has 0 spiro atoms. The molecule has 0 aromatic heterocycles. The minimum atomic E-state index is -0.601. The molecule has 3 saturated carbocycles. The van der Waals surface area contributed by atoms with Crippen molar-refractivity contribution in [3.8, 4) is 17.2 Å². The van der Waals surface area contributed by atoms with E-state index in [4.69, 9.17) is 19.9 Å². The van der Waals surface area contributed by atoms with Crippen LogP contribution in [0.15, 0.2) is 72.8 Å². The number of ether oxygens (including phenoxy) is 3. The summed E-state index contributed by atoms with van der Waals surface area (Å²) in [6.45, 7) is 12.6. The largest absolute Gasteiger partial charge is 0.490 e. The maximum atomic E-state index is 10.4. The molecule has 2 saturated heterocycles. The molecule has 0 radical (unpaired) electrons. The summed E-state index contributed by atoms with van der Waals surface area (Å²) in [7, 11) is 0. The lowest BCUT2D eigenvalue weighted by Gasteiger charge is -2.34. The van der Waals surface area contributed by atoms with Crippen molar-refractivity contribution in [2.24, 2.45) is 17.6 Å². The molecule has 56 heavy (non-hydrogen) atoms. The molecule has 318 valence electrons. The summed E-state index contributed by atoms with van der Waals surface area (Å²) in [6, 6.07) is 23.2. The smallest absolute Gasteiger partial charge is 0.119 e. The number of aliphatic hydroxyl groups is 3. The van der Waals surface area contributed by atoms with Gasteiger partial charge in [-0.1, -0.05) is 63.6 Å². The summed E-state index contributed by atoms with van der Waals surface area (Å²) in [6.07, 6.45) is 10.5. The number of hydrogen-bond donors (Lipinski definition) is 4. The van der Waals surface area contributed by atoms with Gasteiger partial charge in [-0.05, 0) is 142 Å². The number of nitrogens with two attached hydrogens (primary N) is 1. The summed E-state index contributed by atoms with van der Waals surface area (Å²) in [5.41, 5.74) is 8.92. The highest BCUT2D eigenvalue weighted by atomic mass is 127. The molecule has 5 fully saturated rings. The number of hydrogen-bond acceptors (Lipinski definition) is 9. The third-order valence-corrected chi connectivity index (χ3v) is 11.2. The van der Waals surface area contributed by atoms with Gasteiger partial charge in [-0.25, -0.2) is 0 Å². The van der Waals surface area contributed by atoms with Gasteiger partial charge < -0.3 is 45.1 Å². The van der Waals surface area contributed by atoms with E-state index in [0.717, 1.165) is 79.4 Å². The Morgan fingerprint density at radius 2 is 0.875 bits per heavy atom. The van der Waals surface area contributed by atoms with Crippen molar-refractivity contribution in [2.45, 2.75) is 121 Å². The first kappa shape index (κ1) is 47.0. The predicted molar refractivity (Wildman–Crippen MR) is 251 cm³/mol. The molecule has 9 nitrogen and oxygen atoms in total. The highest BCUT2D eigenvalue weighted by molar-refractivity contribution is 14.0. The molecule has 8 rings (SSSR count). The van der Waals surface area contributed by atoms with Crippen molar-refractivity contribution < 1.29 is 33.8 Å². The summed E-state index contributed by atoms with van der Waals surface area (Å²) >= 11 is 0. The molecule has 3 aromatic rings. The van der Waals surface area contributed by atoms with Gasteiger partial charge in [0.15, 0.2) is 0 Å². The Morgan fingerprint density at radius 1 is 0.554 bits per heavy atom. The van der Waals surface area contributed by atoms with Crippen molar-refractivity contribution in [1.29, 1.82) is 0 Å². The van der Waals surface area contributed by atoms with Gasteiger partial charge in [0, 0.05) is 23.4 Å². The average Bonchev–Trinajstić information content (AvgIpc) is 4.00. The van der Waals surface area contributed by atoms with Gasteiger partial charge in [-0.15, -0.1) is 48.0 Å². The molecule has 0 unspecified atom stereocenters. The summed E-state index contributed by atoms with van der Waals surface area (Å²) in [4.78, 5) is 4.68. The van der Waals surface area contributed by atoms with Crippen molar-refractivity contribution in [2.75, 3.05) is 39.3 Å². The first-order chi connectivity index (χ1) is 26.1. The van der Waals surface area contributed by atoms with E-state index in [9.17, 15) is 15.3 Å². The van der Waals surface area contributed by atoms with E-state index < -0.39 is 6.10 Å². The van der Waals surface area contributed by atoms with Crippen LogP contribution in [0.4, 0.5) is 0 Å². The molecule has 11 heteroatoms. The number of aliphatic hydroxyl groups excluding tert-OH is 3. The van der Waals surface area contributed by atoms with Crippen molar-refractivity contribution in [1.82, 2.24) is 9.80 Å². The maximum Gasteiger partial charge on any atom is 0.119 e. The number of nitrogens with zero attached hydrogens (tertiary/aromatic N) is 2. The molecule has 3 aliphatic carbocycles. The number of benzene rings is 3. The van der Waals surface area contributed by atoms with Crippen LogP contribution in [0.2, 0.25) is 0 Å². The van der Waals surface area contributed by atoms with Crippen LogP contribution in [0.5, 0.6) is 17.2 Å². The zero-order valence-electron chi connectivity index (χ0n) is 33.6. The highest BCUT2D eigenvalue weighted by Crippen LogP contribution is 2.32. The third kappa shape index (κ3) is 15.1. The van der Waals surface area contributed by atoms with Crippen LogP contribution in [0, 0.1) is 11.8 Å². The van der Waals surface area contributed by atoms with E-state index in [1.54, 1.807) is 0 Å². The molecule has 3 aromatic carbocycles. The Kier molecular flexibility index (Phi) is 19.4. The van der Waals surface area contributed by atoms with Crippen LogP contribution in [0.25, 0.3) is 0 Å². The molecule has 0 amide bonds. The molecular formula is C45H73I2N3O6. The van der Waals surface area contributed by atoms with Crippen LogP contribution in [-0.2, 0) is 0 Å². The fraction of sp³-hybridized carbons (Fsp3) is 0.600. The molecule has 6 atom stereocenters. The zero-order valence-corrected chi connectivity index (χ0v) is 38.2. The number of halogens is 2. The summed E-state index contributed by atoms with van der Waals surface area (Å²) < 4.78 is 17.1. The lowest BCUT2D eigenvalue weighted by molar-refractivity contribution is 0.0677. The first-order valence-corrected chi connectivity index (χ1v) is 20.7. The topological polar surface area (TPSA) is 121 Å². The van der Waals surface area contributed by atoms with Gasteiger partial charge in [0.05, 0.1) is 36.6 Å². The van der Waals surface area contributed by atoms with Gasteiger partial charge in [0.1, 0.15) is 17.2 Å². The monoisotopic (exact) mass is 1010 g/mol. The minimum Gasteiger partial charge on any atom is -0.490 e. The van der Waals surface area contributed by atoms with Gasteiger partial charge in [-0.2, -0.15) is 0 Å². The molecule has 0 bridgehead atoms. The van der Waals surface area contributed by atoms with Crippen LogP contribution >= 0.6 is 48.0 Å². The lowest BCUT2D eigenvalue weighted by Crippen LogP contribution is -2.47. The molecule has 2 heterocycles. The fourth-order valence-corrected chi connectivity index (χ4v) is 6.53. The maximum absolute atomic E-state index is 10.4. The fourth-order valence-electron chi connectivity index (χ4n) is 6.53. The van der Waals surface area contributed by atoms with E-state index in [-0.39, 0.29) is 76.4 Å². The molecule has 2 aliphatic heterocycles. The van der Waals surface area contributed by atoms with Gasteiger partial charge in [0.2, 0.25) is 0 Å². The third-order valence-electron chi connectivity index (χ3n) is 11.2. The quantitative estimate of drug-likeness (QED) is 0.0982. The Bertz CT molecular complexity index is 1470. The Hall–Kier alpha value is -1.72. The van der Waals surface area contributed by atoms with Crippen LogP contribution in [0.3, 0.4) is 0 Å². The Labute approximate surface area is 374 Å². The first-order valence-electron chi connectivity index (χ1n) is 20.7. The van der Waals surface area contributed by atoms with E-state index in [0.29, 0.717) is 24.2 Å². The van der Waals surface area contributed by atoms with E-state index >= 15 is 0 Å². The number of rotatable bonds is 17. The van der Waals surface area contributed by atoms with Crippen LogP contribution in [-0.4, -0.2) is 88.7 Å². The second kappa shape index (κ2) is 23.2. The van der Waals surface area contributed by atoms with E-state index in [1.165, 1.54) is 51.6 Å². The Balaban J connectivity index is 0.000000426. The van der Waals surface area contributed by atoms with Crippen LogP contribution in [0.1, 0.15) is 118 Å². The number of likely N-dealkylation sites (tertiary alicyclic amines) is 2. The second-order valence-corrected chi connectivity index (χ2v) is 16.3. The highest BCUT2D eigenvalue weighted by Gasteiger charge is 2.27. The summed E-state index contributed by atoms with van der Waals surface area (Å²) in [5, 5.41) is 30.7. The second-order valence-electron chi connectivity index (χ2n) is 16.3. The molecular weight excluding hydrogens is 932 g/mol. The van der Waals surface area contributed by atoms with Crippen molar-refractivity contribution >= 4 is 48.0 Å². The van der Waals surface area contributed by atoms with E-state index in [2.05, 4.69) is 30.6 Å². The van der Waals surface area contributed by atoms with Crippen molar-refractivity contribution in [3.05, 3.63) is 89.5 Å². The predicted octanol–water partition coefficient (Wildman–Crippen LogP) is 9.18. The molecule has 5 N–H and O–H groups in total. The standard InChI is InChI=1S/C16H23NO2.C15H22N2O2.C14H20O2.2HI.3H2/c1-12(11-17-9-2-10-17)16(18)13-3-5-14(6-4-13)19-15-7-8-15;16-14(10-17-8-1-9-17)15(18)11-2-4-12(5-3-11)19-13-6-7-13;1-3-10(2)14(15)11-4-6-12(7-5-11)16-13-8-9-13;;;;;/h3-6,12,15-16,18H,2,7-11H2,1H3;2-5,13-15,18H,1,6-10,16H2;4-7,10,13-15H,3,8-9H2,1-2H3;5*1H/t12-,16+;14-,15-;10-,14+;;;;;/m111...../s1.